The largest absolute Gasteiger partial charge is 0.545 e. The maximum absolute atomic E-state index is 10.2. The van der Waals surface area contributed by atoms with Crippen molar-refractivity contribution < 1.29 is 15.0 Å². The number of carbonyl (C=O) groups is 1. The van der Waals surface area contributed by atoms with E-state index in [1.54, 1.807) is 6.07 Å². The predicted octanol–water partition coefficient (Wildman–Crippen LogP) is 5.03. The molecule has 0 amide bonds. The minimum atomic E-state index is -1.36. The van der Waals surface area contributed by atoms with Crippen molar-refractivity contribution in [3.8, 4) is 5.75 Å². The molecule has 0 spiro atoms. The van der Waals surface area contributed by atoms with E-state index in [0.29, 0.717) is 0 Å². The molecule has 0 aliphatic rings. The van der Waals surface area contributed by atoms with Gasteiger partial charge in [-0.25, -0.2) is 0 Å². The molecule has 0 unspecified atom stereocenters. The molecule has 0 heterocycles. The van der Waals surface area contributed by atoms with Crippen LogP contribution in [0, 0.1) is 0 Å². The van der Waals surface area contributed by atoms with Crippen LogP contribution in [0.4, 0.5) is 0 Å². The van der Waals surface area contributed by atoms with Gasteiger partial charge in [0, 0.05) is 5.56 Å². The van der Waals surface area contributed by atoms with Crippen LogP contribution in [0.5, 0.6) is 5.75 Å². The molecule has 0 radical (unpaired) electrons. The summed E-state index contributed by atoms with van der Waals surface area (Å²) >= 11 is 1.50. The Balaban J connectivity index is 0.000000496. The molecule has 138 valence electrons. The van der Waals surface area contributed by atoms with Crippen molar-refractivity contribution in [1.82, 2.24) is 0 Å². The fourth-order valence-corrected chi connectivity index (χ4v) is 3.22. The Morgan fingerprint density at radius 2 is 1.32 bits per heavy atom. The molecule has 0 saturated carbocycles. The minimum Gasteiger partial charge on any atom is -0.545 e. The molecule has 0 fully saturated rings. The summed E-state index contributed by atoms with van der Waals surface area (Å²) in [5, 5.41) is 19.0. The molecule has 3 nitrogen and oxygen atoms in total. The number of phenols is 1. The Labute approximate surface area is 177 Å². The molecule has 0 aromatic heterocycles. The van der Waals surface area contributed by atoms with E-state index in [4.69, 9.17) is 5.11 Å². The topological polar surface area (TPSA) is 60.4 Å². The molecule has 0 aliphatic carbocycles. The van der Waals surface area contributed by atoms with E-state index in [0.717, 1.165) is 0 Å². The molecule has 0 bridgehead atoms. The zero-order chi connectivity index (χ0) is 18.8. The van der Waals surface area contributed by atoms with Gasteiger partial charge in [-0.05, 0) is 12.1 Å². The van der Waals surface area contributed by atoms with Gasteiger partial charge in [-0.1, -0.05) is 25.5 Å². The monoisotopic (exact) mass is 374 g/mol. The van der Waals surface area contributed by atoms with Crippen LogP contribution in [-0.4, -0.2) is 46.9 Å². The Morgan fingerprint density at radius 3 is 1.68 bits per heavy atom. The Morgan fingerprint density at radius 1 is 0.880 bits per heavy atom. The minimum absolute atomic E-state index is 0.178. The van der Waals surface area contributed by atoms with Crippen molar-refractivity contribution in [3.05, 3.63) is 29.8 Å². The summed E-state index contributed by atoms with van der Waals surface area (Å²) < 4.78 is 1.50. The summed E-state index contributed by atoms with van der Waals surface area (Å²) in [7, 11) is 0. The number of rotatable bonds is 13. The van der Waals surface area contributed by atoms with E-state index in [9.17, 15) is 9.90 Å². The fourth-order valence-electron chi connectivity index (χ4n) is 2.66. The normalized spacial score (nSPS) is 10.2. The van der Waals surface area contributed by atoms with Crippen LogP contribution in [0.2, 0.25) is 2.52 Å². The first-order valence-corrected chi connectivity index (χ1v) is 11.5. The summed E-state index contributed by atoms with van der Waals surface area (Å²) in [6.45, 7) is 2.29. The number of carbonyl (C=O) groups excluding carboxylic acids is 1. The first kappa shape index (κ1) is 24.7. The summed E-state index contributed by atoms with van der Waals surface area (Å²) in [5.41, 5.74) is -0.178. The standard InChI is InChI=1S/C14H29.C7H6O3.Ca/c1-3-5-7-9-11-13-14-12-10-8-6-4-2;8-6-4-2-1-3-5(6)7(9)10;/h1,3-14H2,2H3;1-4,8H,(H,9,10);/q;;+1/p-1. The van der Waals surface area contributed by atoms with Gasteiger partial charge in [0.05, 0.1) is 5.97 Å². The number of unbranched alkanes of at least 4 members (excludes halogenated alkanes) is 11. The maximum Gasteiger partial charge on any atom is 0.124 e. The molecule has 4 heteroatoms. The van der Waals surface area contributed by atoms with Crippen molar-refractivity contribution in [2.75, 3.05) is 0 Å². The van der Waals surface area contributed by atoms with Crippen molar-refractivity contribution in [2.24, 2.45) is 0 Å². The van der Waals surface area contributed by atoms with Gasteiger partial charge in [0.15, 0.2) is 0 Å². The average molecular weight is 375 g/mol. The number of aromatic carboxylic acids is 1. The van der Waals surface area contributed by atoms with Crippen molar-refractivity contribution in [3.63, 3.8) is 0 Å². The first-order valence-electron chi connectivity index (χ1n) is 9.92. The van der Waals surface area contributed by atoms with Gasteiger partial charge >= 0.3 is 109 Å². The third kappa shape index (κ3) is 15.7. The molecule has 0 saturated heterocycles. The maximum atomic E-state index is 10.2. The van der Waals surface area contributed by atoms with Crippen molar-refractivity contribution in [2.45, 2.75) is 86.5 Å². The second-order valence-corrected chi connectivity index (χ2v) is 7.65. The SMILES string of the molecule is CCCCCCCCCCCCC[CH2][Ca+].O=C([O-])c1ccccc1O. The predicted molar refractivity (Wildman–Crippen MR) is 104 cm³/mol. The third-order valence-electron chi connectivity index (χ3n) is 4.23. The van der Waals surface area contributed by atoms with Crippen LogP contribution in [-0.2, 0) is 0 Å². The van der Waals surface area contributed by atoms with E-state index in [1.165, 1.54) is 134 Å². The molecular weight excluding hydrogens is 340 g/mol. The van der Waals surface area contributed by atoms with Gasteiger partial charge in [-0.15, -0.1) is 0 Å². The van der Waals surface area contributed by atoms with Gasteiger partial charge in [-0.2, -0.15) is 0 Å². The van der Waals surface area contributed by atoms with Crippen molar-refractivity contribution in [1.29, 1.82) is 0 Å². The molecular formula is C21H34CaO3. The van der Waals surface area contributed by atoms with Crippen LogP contribution in [0.25, 0.3) is 0 Å². The summed E-state index contributed by atoms with van der Waals surface area (Å²) in [5.74, 6) is -1.62. The van der Waals surface area contributed by atoms with Gasteiger partial charge in [0.2, 0.25) is 0 Å². The van der Waals surface area contributed by atoms with E-state index in [-0.39, 0.29) is 11.3 Å². The Kier molecular flexibility index (Phi) is 18.4. The number of benzene rings is 1. The average Bonchev–Trinajstić information content (AvgIpc) is 2.60. The quantitative estimate of drug-likeness (QED) is 0.389. The molecule has 0 atom stereocenters. The molecule has 1 rings (SSSR count). The number of hydrogen-bond donors (Lipinski definition) is 1. The number of carboxylic acids is 1. The summed E-state index contributed by atoms with van der Waals surface area (Å²) in [6.07, 6.45) is 17.7. The van der Waals surface area contributed by atoms with Crippen LogP contribution in [0.1, 0.15) is 94.3 Å². The van der Waals surface area contributed by atoms with Gasteiger partial charge in [-0.3, -0.25) is 0 Å². The zero-order valence-corrected chi connectivity index (χ0v) is 18.2. The smallest absolute Gasteiger partial charge is 0.124 e. The number of aromatic hydroxyl groups is 1. The molecule has 0 aliphatic heterocycles. The molecule has 25 heavy (non-hydrogen) atoms. The number of hydrogen-bond acceptors (Lipinski definition) is 3. The molecule has 1 N–H and O–H groups in total. The van der Waals surface area contributed by atoms with Gasteiger partial charge in [0.1, 0.15) is 5.75 Å². The zero-order valence-electron chi connectivity index (χ0n) is 16.0. The third-order valence-corrected chi connectivity index (χ3v) is 5.01. The molecule has 1 aromatic rings. The van der Waals surface area contributed by atoms with E-state index in [1.807, 2.05) is 0 Å². The number of carboxylic acid groups (broad SMARTS) is 1. The van der Waals surface area contributed by atoms with Gasteiger partial charge < -0.3 is 15.0 Å². The fraction of sp³-hybridized carbons (Fsp3) is 0.667. The van der Waals surface area contributed by atoms with E-state index < -0.39 is 5.97 Å². The van der Waals surface area contributed by atoms with Crippen LogP contribution in [0.15, 0.2) is 24.3 Å². The summed E-state index contributed by atoms with van der Waals surface area (Å²) in [6, 6.07) is 5.64. The summed E-state index contributed by atoms with van der Waals surface area (Å²) in [4.78, 5) is 10.2. The van der Waals surface area contributed by atoms with Crippen molar-refractivity contribution >= 4 is 41.8 Å². The Bertz CT molecular complexity index is 423. The van der Waals surface area contributed by atoms with Crippen LogP contribution < -0.4 is 5.11 Å². The van der Waals surface area contributed by atoms with E-state index in [2.05, 4.69) is 6.92 Å². The molecule has 1 aromatic carbocycles. The Hall–Kier alpha value is -0.250. The second-order valence-electron chi connectivity index (χ2n) is 6.55. The van der Waals surface area contributed by atoms with Gasteiger partial charge in [0.25, 0.3) is 0 Å². The van der Waals surface area contributed by atoms with Crippen LogP contribution >= 0.6 is 0 Å². The first-order chi connectivity index (χ1) is 12.1. The number of para-hydroxylation sites is 1. The van der Waals surface area contributed by atoms with E-state index >= 15 is 0 Å². The second kappa shape index (κ2) is 18.5. The van der Waals surface area contributed by atoms with Crippen LogP contribution in [0.3, 0.4) is 0 Å².